The normalized spacial score (nSPS) is 10.2. The largest absolute Gasteiger partial charge is 0.354 e. The summed E-state index contributed by atoms with van der Waals surface area (Å²) in [6.45, 7) is 3.44. The fourth-order valence-corrected chi connectivity index (χ4v) is 1.56. The highest BCUT2D eigenvalue weighted by Gasteiger charge is 2.06. The van der Waals surface area contributed by atoms with E-state index in [0.29, 0.717) is 12.1 Å². The summed E-state index contributed by atoms with van der Waals surface area (Å²) in [6, 6.07) is 5.60. The van der Waals surface area contributed by atoms with E-state index in [1.54, 1.807) is 12.4 Å². The number of nitrogens with one attached hydrogen (secondary N) is 1. The lowest BCUT2D eigenvalue weighted by molar-refractivity contribution is 0.0951. The van der Waals surface area contributed by atoms with Crippen LogP contribution in [0.1, 0.15) is 22.8 Å². The molecule has 2 aromatic rings. The molecule has 0 aromatic carbocycles. The Morgan fingerprint density at radius 2 is 2.12 bits per heavy atom. The first-order chi connectivity index (χ1) is 8.29. The molecule has 4 heteroatoms. The van der Waals surface area contributed by atoms with Crippen LogP contribution in [0.15, 0.2) is 43.0 Å². The second-order valence-corrected chi connectivity index (χ2v) is 3.77. The summed E-state index contributed by atoms with van der Waals surface area (Å²) in [5.74, 6) is -0.0472. The molecule has 2 aromatic heterocycles. The van der Waals surface area contributed by atoms with Gasteiger partial charge in [-0.3, -0.25) is 9.78 Å². The van der Waals surface area contributed by atoms with Gasteiger partial charge in [0.2, 0.25) is 0 Å². The van der Waals surface area contributed by atoms with Crippen molar-refractivity contribution < 1.29 is 4.79 Å². The van der Waals surface area contributed by atoms with Crippen molar-refractivity contribution in [3.8, 4) is 0 Å². The third-order valence-electron chi connectivity index (χ3n) is 2.58. The number of carbonyl (C=O) groups excluding carboxylic acids is 1. The van der Waals surface area contributed by atoms with Gasteiger partial charge >= 0.3 is 0 Å². The third-order valence-corrected chi connectivity index (χ3v) is 2.58. The van der Waals surface area contributed by atoms with Crippen LogP contribution in [0.5, 0.6) is 0 Å². The smallest absolute Gasteiger partial charge is 0.253 e. The zero-order valence-corrected chi connectivity index (χ0v) is 9.76. The van der Waals surface area contributed by atoms with Gasteiger partial charge in [0.05, 0.1) is 5.56 Å². The van der Waals surface area contributed by atoms with Crippen molar-refractivity contribution in [2.45, 2.75) is 20.0 Å². The van der Waals surface area contributed by atoms with Gasteiger partial charge in [-0.1, -0.05) is 0 Å². The van der Waals surface area contributed by atoms with Crippen LogP contribution in [-0.4, -0.2) is 15.5 Å². The van der Waals surface area contributed by atoms with Crippen LogP contribution in [-0.2, 0) is 13.1 Å². The summed E-state index contributed by atoms with van der Waals surface area (Å²) in [4.78, 5) is 15.7. The van der Waals surface area contributed by atoms with E-state index in [1.807, 2.05) is 42.1 Å². The lowest BCUT2D eigenvalue weighted by Crippen LogP contribution is -2.22. The number of amides is 1. The second-order valence-electron chi connectivity index (χ2n) is 3.77. The van der Waals surface area contributed by atoms with Crippen LogP contribution in [0.4, 0.5) is 0 Å². The summed E-state index contributed by atoms with van der Waals surface area (Å²) in [5, 5.41) is 2.87. The molecule has 17 heavy (non-hydrogen) atoms. The van der Waals surface area contributed by atoms with E-state index in [0.717, 1.165) is 12.1 Å². The van der Waals surface area contributed by atoms with Crippen molar-refractivity contribution in [3.63, 3.8) is 0 Å². The highest BCUT2D eigenvalue weighted by molar-refractivity contribution is 5.93. The molecular formula is C13H15N3O. The number of nitrogens with zero attached hydrogens (tertiary/aromatic N) is 2. The summed E-state index contributed by atoms with van der Waals surface area (Å²) < 4.78 is 1.97. The maximum absolute atomic E-state index is 11.8. The summed E-state index contributed by atoms with van der Waals surface area (Å²) in [5.41, 5.74) is 1.74. The van der Waals surface area contributed by atoms with Crippen molar-refractivity contribution in [2.75, 3.05) is 0 Å². The van der Waals surface area contributed by atoms with Gasteiger partial charge in [-0.2, -0.15) is 0 Å². The Morgan fingerprint density at radius 1 is 1.35 bits per heavy atom. The molecule has 0 aliphatic heterocycles. The quantitative estimate of drug-likeness (QED) is 0.869. The number of hydrogen-bond acceptors (Lipinski definition) is 2. The molecule has 4 nitrogen and oxygen atoms in total. The Morgan fingerprint density at radius 3 is 2.76 bits per heavy atom. The highest BCUT2D eigenvalue weighted by atomic mass is 16.1. The van der Waals surface area contributed by atoms with Crippen LogP contribution in [0, 0.1) is 0 Å². The van der Waals surface area contributed by atoms with E-state index in [-0.39, 0.29) is 5.91 Å². The average Bonchev–Trinajstić information content (AvgIpc) is 2.86. The van der Waals surface area contributed by atoms with Gasteiger partial charge in [0.25, 0.3) is 5.91 Å². The molecule has 0 fully saturated rings. The van der Waals surface area contributed by atoms with Gasteiger partial charge in [0, 0.05) is 37.9 Å². The van der Waals surface area contributed by atoms with Crippen LogP contribution >= 0.6 is 0 Å². The number of rotatable bonds is 4. The lowest BCUT2D eigenvalue weighted by atomic mass is 10.2. The lowest BCUT2D eigenvalue weighted by Gasteiger charge is -2.03. The molecule has 0 bridgehead atoms. The predicted molar refractivity (Wildman–Crippen MR) is 65.5 cm³/mol. The molecule has 1 amide bonds. The van der Waals surface area contributed by atoms with Gasteiger partial charge in [-0.05, 0) is 30.7 Å². The zero-order chi connectivity index (χ0) is 12.1. The van der Waals surface area contributed by atoms with Gasteiger partial charge in [0.15, 0.2) is 0 Å². The topological polar surface area (TPSA) is 46.9 Å². The van der Waals surface area contributed by atoms with Gasteiger partial charge in [-0.25, -0.2) is 0 Å². The molecule has 0 saturated carbocycles. The molecule has 2 heterocycles. The molecule has 1 N–H and O–H groups in total. The van der Waals surface area contributed by atoms with E-state index in [9.17, 15) is 4.79 Å². The molecule has 0 unspecified atom stereocenters. The Hall–Kier alpha value is -2.10. The highest BCUT2D eigenvalue weighted by Crippen LogP contribution is 2.02. The van der Waals surface area contributed by atoms with Crippen molar-refractivity contribution in [3.05, 3.63) is 54.1 Å². The van der Waals surface area contributed by atoms with Crippen LogP contribution in [0.2, 0.25) is 0 Å². The molecule has 0 aliphatic carbocycles. The average molecular weight is 229 g/mol. The zero-order valence-electron chi connectivity index (χ0n) is 9.76. The monoisotopic (exact) mass is 229 g/mol. The molecule has 0 atom stereocenters. The van der Waals surface area contributed by atoms with Gasteiger partial charge < -0.3 is 9.88 Å². The molecular weight excluding hydrogens is 214 g/mol. The van der Waals surface area contributed by atoms with E-state index >= 15 is 0 Å². The second kappa shape index (κ2) is 5.30. The van der Waals surface area contributed by atoms with Crippen molar-refractivity contribution in [1.82, 2.24) is 14.9 Å². The Kier molecular flexibility index (Phi) is 3.55. The number of hydrogen-bond donors (Lipinski definition) is 1. The number of aromatic nitrogens is 2. The van der Waals surface area contributed by atoms with E-state index in [4.69, 9.17) is 0 Å². The Balaban J connectivity index is 1.93. The van der Waals surface area contributed by atoms with Gasteiger partial charge in [0.1, 0.15) is 0 Å². The minimum atomic E-state index is -0.0472. The Bertz CT molecular complexity index is 490. The maximum Gasteiger partial charge on any atom is 0.253 e. The number of carbonyl (C=O) groups is 1. The van der Waals surface area contributed by atoms with E-state index < -0.39 is 0 Å². The fraction of sp³-hybridized carbons (Fsp3) is 0.231. The van der Waals surface area contributed by atoms with Crippen molar-refractivity contribution in [1.29, 1.82) is 0 Å². The van der Waals surface area contributed by atoms with Gasteiger partial charge in [-0.15, -0.1) is 0 Å². The summed E-state index contributed by atoms with van der Waals surface area (Å²) in [6.07, 6.45) is 7.19. The predicted octanol–water partition coefficient (Wildman–Crippen LogP) is 1.83. The number of pyridine rings is 1. The summed E-state index contributed by atoms with van der Waals surface area (Å²) >= 11 is 0. The van der Waals surface area contributed by atoms with E-state index in [1.165, 1.54) is 0 Å². The van der Waals surface area contributed by atoms with E-state index in [2.05, 4.69) is 10.3 Å². The first kappa shape index (κ1) is 11.4. The Labute approximate surface area is 100 Å². The maximum atomic E-state index is 11.8. The molecule has 2 rings (SSSR count). The minimum absolute atomic E-state index is 0.0472. The molecule has 88 valence electrons. The number of aryl methyl sites for hydroxylation is 1. The molecule has 0 radical (unpaired) electrons. The first-order valence-corrected chi connectivity index (χ1v) is 5.62. The fourth-order valence-electron chi connectivity index (χ4n) is 1.56. The molecule has 0 aliphatic rings. The van der Waals surface area contributed by atoms with Crippen LogP contribution in [0.3, 0.4) is 0 Å². The van der Waals surface area contributed by atoms with Crippen molar-refractivity contribution >= 4 is 5.91 Å². The standard InChI is InChI=1S/C13H15N3O/c1-2-16-8-5-12(10-16)13(17)15-9-11-3-6-14-7-4-11/h3-8,10H,2,9H2,1H3,(H,15,17). The van der Waals surface area contributed by atoms with Crippen LogP contribution < -0.4 is 5.32 Å². The van der Waals surface area contributed by atoms with Crippen molar-refractivity contribution in [2.24, 2.45) is 0 Å². The SMILES string of the molecule is CCn1ccc(C(=O)NCc2ccncc2)c1. The molecule has 0 spiro atoms. The third kappa shape index (κ3) is 2.93. The first-order valence-electron chi connectivity index (χ1n) is 5.62. The summed E-state index contributed by atoms with van der Waals surface area (Å²) in [7, 11) is 0. The van der Waals surface area contributed by atoms with Crippen LogP contribution in [0.25, 0.3) is 0 Å². The minimum Gasteiger partial charge on any atom is -0.354 e. The molecule has 0 saturated heterocycles.